The number of halogens is 2. The second-order valence-electron chi connectivity index (χ2n) is 5.91. The maximum atomic E-state index is 12.8. The van der Waals surface area contributed by atoms with Crippen LogP contribution in [0.5, 0.6) is 0 Å². The van der Waals surface area contributed by atoms with Crippen molar-refractivity contribution in [1.29, 1.82) is 0 Å². The van der Waals surface area contributed by atoms with Crippen LogP contribution in [-0.2, 0) is 9.53 Å². The van der Waals surface area contributed by atoms with Gasteiger partial charge in [-0.3, -0.25) is 9.59 Å². The topological polar surface area (TPSA) is 43.4 Å². The molecule has 0 aromatic heterocycles. The Kier molecular flexibility index (Phi) is 6.28. The molecular formula is C22H16Cl2O3. The third-order valence-corrected chi connectivity index (χ3v) is 4.63. The molecule has 0 aliphatic rings. The Morgan fingerprint density at radius 2 is 1.37 bits per heavy atom. The largest absolute Gasteiger partial charge is 0.457 e. The van der Waals surface area contributed by atoms with Crippen molar-refractivity contribution in [3.8, 4) is 0 Å². The van der Waals surface area contributed by atoms with E-state index in [1.165, 1.54) is 12.1 Å². The summed E-state index contributed by atoms with van der Waals surface area (Å²) in [6, 6.07) is 23.2. The molecule has 0 aliphatic carbocycles. The normalized spacial score (nSPS) is 10.6. The first kappa shape index (κ1) is 19.2. The van der Waals surface area contributed by atoms with Crippen LogP contribution in [0.25, 0.3) is 0 Å². The zero-order chi connectivity index (χ0) is 19.2. The summed E-state index contributed by atoms with van der Waals surface area (Å²) < 4.78 is 5.33. The molecule has 0 bridgehead atoms. The summed E-state index contributed by atoms with van der Waals surface area (Å²) in [5.41, 5.74) is 1.86. The van der Waals surface area contributed by atoms with Crippen LogP contribution in [0.15, 0.2) is 78.9 Å². The molecule has 0 radical (unpaired) electrons. The van der Waals surface area contributed by atoms with Gasteiger partial charge in [0.15, 0.2) is 6.61 Å². The second kappa shape index (κ2) is 8.85. The average molecular weight is 399 g/mol. The van der Waals surface area contributed by atoms with E-state index in [0.29, 0.717) is 5.02 Å². The lowest BCUT2D eigenvalue weighted by atomic mass is 9.91. The number of benzene rings is 3. The standard InChI is InChI=1S/C22H16Cl2O3/c23-17-11-12-18(19(24)13-17)20(25)14-27-22(26)21(15-7-3-1-4-8-15)16-9-5-2-6-10-16/h1-13,21H,14H2. The van der Waals surface area contributed by atoms with Crippen molar-refractivity contribution in [2.24, 2.45) is 0 Å². The van der Waals surface area contributed by atoms with Crippen LogP contribution in [0, 0.1) is 0 Å². The highest BCUT2D eigenvalue weighted by molar-refractivity contribution is 6.36. The molecule has 3 nitrogen and oxygen atoms in total. The number of hydrogen-bond acceptors (Lipinski definition) is 3. The van der Waals surface area contributed by atoms with Crippen LogP contribution in [0.4, 0.5) is 0 Å². The van der Waals surface area contributed by atoms with Gasteiger partial charge in [0.1, 0.15) is 5.92 Å². The highest BCUT2D eigenvalue weighted by Crippen LogP contribution is 2.26. The van der Waals surface area contributed by atoms with Crippen LogP contribution >= 0.6 is 23.2 Å². The second-order valence-corrected chi connectivity index (χ2v) is 6.75. The summed E-state index contributed by atoms with van der Waals surface area (Å²) >= 11 is 11.9. The maximum absolute atomic E-state index is 12.8. The number of hydrogen-bond donors (Lipinski definition) is 0. The van der Waals surface area contributed by atoms with Crippen LogP contribution < -0.4 is 0 Å². The van der Waals surface area contributed by atoms with Crippen LogP contribution in [0.3, 0.4) is 0 Å². The number of ketones is 1. The summed E-state index contributed by atoms with van der Waals surface area (Å²) in [7, 11) is 0. The van der Waals surface area contributed by atoms with E-state index in [-0.39, 0.29) is 16.4 Å². The molecule has 0 N–H and O–H groups in total. The predicted octanol–water partition coefficient (Wildman–Crippen LogP) is 5.55. The Balaban J connectivity index is 1.78. The zero-order valence-corrected chi connectivity index (χ0v) is 15.8. The molecular weight excluding hydrogens is 383 g/mol. The van der Waals surface area contributed by atoms with Crippen LogP contribution in [-0.4, -0.2) is 18.4 Å². The fourth-order valence-corrected chi connectivity index (χ4v) is 3.28. The molecule has 0 amide bonds. The van der Waals surface area contributed by atoms with Gasteiger partial charge in [-0.1, -0.05) is 83.9 Å². The minimum absolute atomic E-state index is 0.228. The number of esters is 1. The van der Waals surface area contributed by atoms with Crippen LogP contribution in [0.1, 0.15) is 27.4 Å². The molecule has 0 atom stereocenters. The molecule has 3 rings (SSSR count). The summed E-state index contributed by atoms with van der Waals surface area (Å²) in [6.07, 6.45) is 0. The predicted molar refractivity (Wildman–Crippen MR) is 106 cm³/mol. The highest BCUT2D eigenvalue weighted by Gasteiger charge is 2.25. The Bertz CT molecular complexity index is 901. The van der Waals surface area contributed by atoms with Crippen molar-refractivity contribution in [2.45, 2.75) is 5.92 Å². The zero-order valence-electron chi connectivity index (χ0n) is 14.3. The monoisotopic (exact) mass is 398 g/mol. The van der Waals surface area contributed by atoms with Crippen LogP contribution in [0.2, 0.25) is 10.0 Å². The molecule has 0 unspecified atom stereocenters. The number of rotatable bonds is 6. The first-order chi connectivity index (χ1) is 13.1. The fourth-order valence-electron chi connectivity index (χ4n) is 2.77. The molecule has 3 aromatic rings. The first-order valence-electron chi connectivity index (χ1n) is 8.31. The van der Waals surface area contributed by atoms with Gasteiger partial charge < -0.3 is 4.74 Å². The van der Waals surface area contributed by atoms with E-state index in [1.54, 1.807) is 6.07 Å². The number of ether oxygens (including phenoxy) is 1. The van der Waals surface area contributed by atoms with E-state index in [2.05, 4.69) is 0 Å². The van der Waals surface area contributed by atoms with Crippen molar-refractivity contribution < 1.29 is 14.3 Å². The minimum Gasteiger partial charge on any atom is -0.457 e. The third kappa shape index (κ3) is 4.76. The van der Waals surface area contributed by atoms with Gasteiger partial charge in [0.2, 0.25) is 5.78 Å². The van der Waals surface area contributed by atoms with E-state index in [0.717, 1.165) is 11.1 Å². The highest BCUT2D eigenvalue weighted by atomic mass is 35.5. The number of carbonyl (C=O) groups excluding carboxylic acids is 2. The summed E-state index contributed by atoms with van der Waals surface area (Å²) in [5.74, 6) is -1.49. The average Bonchev–Trinajstić information content (AvgIpc) is 2.68. The first-order valence-corrected chi connectivity index (χ1v) is 9.06. The molecule has 0 heterocycles. The Morgan fingerprint density at radius 3 is 1.89 bits per heavy atom. The lowest BCUT2D eigenvalue weighted by Gasteiger charge is -2.17. The van der Waals surface area contributed by atoms with Gasteiger partial charge >= 0.3 is 5.97 Å². The summed E-state index contributed by atoms with van der Waals surface area (Å²) in [5, 5.41) is 0.660. The minimum atomic E-state index is -0.610. The molecule has 0 saturated carbocycles. The van der Waals surface area contributed by atoms with Crippen molar-refractivity contribution >= 4 is 35.0 Å². The summed E-state index contributed by atoms with van der Waals surface area (Å²) in [6.45, 7) is -0.393. The molecule has 0 saturated heterocycles. The van der Waals surface area contributed by atoms with E-state index in [9.17, 15) is 9.59 Å². The van der Waals surface area contributed by atoms with Crippen molar-refractivity contribution in [1.82, 2.24) is 0 Å². The molecule has 0 spiro atoms. The van der Waals surface area contributed by atoms with Crippen molar-refractivity contribution in [3.63, 3.8) is 0 Å². The van der Waals surface area contributed by atoms with Crippen molar-refractivity contribution in [2.75, 3.05) is 6.61 Å². The Morgan fingerprint density at radius 1 is 0.815 bits per heavy atom. The molecule has 3 aromatic carbocycles. The van der Waals surface area contributed by atoms with E-state index in [4.69, 9.17) is 27.9 Å². The SMILES string of the molecule is O=C(COC(=O)C(c1ccccc1)c1ccccc1)c1ccc(Cl)cc1Cl. The van der Waals surface area contributed by atoms with Gasteiger partial charge in [-0.15, -0.1) is 0 Å². The van der Waals surface area contributed by atoms with Gasteiger partial charge in [0, 0.05) is 10.6 Å². The number of Topliss-reactive ketones (excluding diaryl/α,β-unsaturated/α-hetero) is 1. The Hall–Kier alpha value is -2.62. The lowest BCUT2D eigenvalue weighted by molar-refractivity contribution is -0.143. The van der Waals surface area contributed by atoms with E-state index >= 15 is 0 Å². The lowest BCUT2D eigenvalue weighted by Crippen LogP contribution is -2.21. The molecule has 136 valence electrons. The molecule has 5 heteroatoms. The van der Waals surface area contributed by atoms with Gasteiger partial charge in [-0.2, -0.15) is 0 Å². The van der Waals surface area contributed by atoms with Gasteiger partial charge in [-0.25, -0.2) is 0 Å². The Labute approximate surface area is 167 Å². The number of carbonyl (C=O) groups is 2. The van der Waals surface area contributed by atoms with Crippen molar-refractivity contribution in [3.05, 3.63) is 106 Å². The summed E-state index contributed by atoms with van der Waals surface area (Å²) in [4.78, 5) is 25.2. The molecule has 0 aliphatic heterocycles. The third-order valence-electron chi connectivity index (χ3n) is 4.08. The quantitative estimate of drug-likeness (QED) is 0.403. The fraction of sp³-hybridized carbons (Fsp3) is 0.0909. The van der Waals surface area contributed by atoms with Gasteiger partial charge in [0.25, 0.3) is 0 Å². The molecule has 0 fully saturated rings. The van der Waals surface area contributed by atoms with E-state index < -0.39 is 18.5 Å². The molecule has 27 heavy (non-hydrogen) atoms. The van der Waals surface area contributed by atoms with E-state index in [1.807, 2.05) is 60.7 Å². The maximum Gasteiger partial charge on any atom is 0.318 e. The smallest absolute Gasteiger partial charge is 0.318 e. The van der Waals surface area contributed by atoms with Gasteiger partial charge in [-0.05, 0) is 29.3 Å². The van der Waals surface area contributed by atoms with Gasteiger partial charge in [0.05, 0.1) is 5.02 Å².